The lowest BCUT2D eigenvalue weighted by Crippen LogP contribution is -2.41. The van der Waals surface area contributed by atoms with Crippen molar-refractivity contribution in [1.82, 2.24) is 0 Å². The Bertz CT molecular complexity index is 1030. The molecular weight excluding hydrogens is 330 g/mol. The van der Waals surface area contributed by atoms with Crippen LogP contribution in [0.5, 0.6) is 0 Å². The maximum absolute atomic E-state index is 12.3. The van der Waals surface area contributed by atoms with E-state index in [9.17, 15) is 10.1 Å². The van der Waals surface area contributed by atoms with Crippen LogP contribution in [0.1, 0.15) is 20.8 Å². The van der Waals surface area contributed by atoms with Crippen molar-refractivity contribution in [3.05, 3.63) is 42.5 Å². The second-order valence-corrected chi connectivity index (χ2v) is 6.23. The summed E-state index contributed by atoms with van der Waals surface area (Å²) in [5, 5.41) is 19.7. The number of ether oxygens (including phenoxy) is 1. The molecule has 0 aliphatic carbocycles. The van der Waals surface area contributed by atoms with Crippen LogP contribution in [0.3, 0.4) is 0 Å². The highest BCUT2D eigenvalue weighted by molar-refractivity contribution is 6.05. The van der Waals surface area contributed by atoms with Gasteiger partial charge < -0.3 is 9.15 Å². The first-order chi connectivity index (χ1) is 12.5. The summed E-state index contributed by atoms with van der Waals surface area (Å²) in [4.78, 5) is 12.3. The minimum atomic E-state index is -1.66. The standard InChI is InChI=1S/C20H19N3O3/c1-4-25-19(24)20(12-21,13(2)3)23-22-14-9-10-18-16(11-14)15-7-5-6-8-17(15)26-18/h5-11,13H,4H2,1-3H3. The summed E-state index contributed by atoms with van der Waals surface area (Å²) >= 11 is 0. The van der Waals surface area contributed by atoms with Crippen LogP contribution in [0.15, 0.2) is 57.1 Å². The van der Waals surface area contributed by atoms with Crippen molar-refractivity contribution in [2.75, 3.05) is 6.61 Å². The van der Waals surface area contributed by atoms with E-state index in [-0.39, 0.29) is 12.5 Å². The van der Waals surface area contributed by atoms with Gasteiger partial charge in [0.15, 0.2) is 0 Å². The lowest BCUT2D eigenvalue weighted by atomic mass is 9.89. The van der Waals surface area contributed by atoms with Crippen molar-refractivity contribution in [2.24, 2.45) is 16.1 Å². The van der Waals surface area contributed by atoms with E-state index in [2.05, 4.69) is 10.2 Å². The number of rotatable bonds is 5. The van der Waals surface area contributed by atoms with Crippen molar-refractivity contribution in [2.45, 2.75) is 26.3 Å². The molecule has 0 aliphatic heterocycles. The molecule has 26 heavy (non-hydrogen) atoms. The number of nitrogens with zero attached hydrogens (tertiary/aromatic N) is 3. The summed E-state index contributed by atoms with van der Waals surface area (Å²) in [5.74, 6) is -1.06. The van der Waals surface area contributed by atoms with Crippen LogP contribution in [-0.4, -0.2) is 18.1 Å². The average molecular weight is 349 g/mol. The molecule has 1 unspecified atom stereocenters. The molecule has 0 spiro atoms. The van der Waals surface area contributed by atoms with Crippen LogP contribution in [0.25, 0.3) is 21.9 Å². The summed E-state index contributed by atoms with van der Waals surface area (Å²) in [6.07, 6.45) is 0. The first-order valence-corrected chi connectivity index (χ1v) is 8.44. The highest BCUT2D eigenvalue weighted by Gasteiger charge is 2.44. The van der Waals surface area contributed by atoms with Crippen molar-refractivity contribution >= 4 is 33.6 Å². The second kappa shape index (κ2) is 6.96. The number of hydrogen-bond donors (Lipinski definition) is 0. The van der Waals surface area contributed by atoms with Gasteiger partial charge in [-0.3, -0.25) is 0 Å². The van der Waals surface area contributed by atoms with Gasteiger partial charge in [-0.05, 0) is 31.2 Å². The highest BCUT2D eigenvalue weighted by Crippen LogP contribution is 2.32. The van der Waals surface area contributed by atoms with Gasteiger partial charge in [-0.15, -0.1) is 0 Å². The number of carbonyl (C=O) groups is 1. The number of azo groups is 1. The molecule has 3 aromatic rings. The van der Waals surface area contributed by atoms with Crippen molar-refractivity contribution in [1.29, 1.82) is 5.26 Å². The minimum absolute atomic E-state index is 0.178. The molecule has 2 aromatic carbocycles. The van der Waals surface area contributed by atoms with Gasteiger partial charge in [0.2, 0.25) is 0 Å². The van der Waals surface area contributed by atoms with E-state index >= 15 is 0 Å². The molecule has 6 heteroatoms. The summed E-state index contributed by atoms with van der Waals surface area (Å²) in [6, 6.07) is 15.1. The molecule has 1 heterocycles. The second-order valence-electron chi connectivity index (χ2n) is 6.23. The molecule has 0 bridgehead atoms. The maximum atomic E-state index is 12.3. The molecule has 132 valence electrons. The fraction of sp³-hybridized carbons (Fsp3) is 0.300. The average Bonchev–Trinajstić information content (AvgIpc) is 3.00. The monoisotopic (exact) mass is 349 g/mol. The van der Waals surface area contributed by atoms with Crippen LogP contribution in [0.4, 0.5) is 5.69 Å². The third kappa shape index (κ3) is 2.92. The third-order valence-corrected chi connectivity index (χ3v) is 4.28. The Kier molecular flexibility index (Phi) is 4.72. The molecule has 6 nitrogen and oxygen atoms in total. The predicted molar refractivity (Wildman–Crippen MR) is 98.1 cm³/mol. The van der Waals surface area contributed by atoms with Crippen molar-refractivity contribution < 1.29 is 13.9 Å². The number of benzene rings is 2. The summed E-state index contributed by atoms with van der Waals surface area (Å²) in [7, 11) is 0. The number of nitriles is 1. The molecule has 3 rings (SSSR count). The maximum Gasteiger partial charge on any atom is 0.351 e. The summed E-state index contributed by atoms with van der Waals surface area (Å²) in [6.45, 7) is 5.35. The van der Waals surface area contributed by atoms with Crippen LogP contribution in [0.2, 0.25) is 0 Å². The van der Waals surface area contributed by atoms with Gasteiger partial charge in [-0.1, -0.05) is 32.0 Å². The van der Waals surface area contributed by atoms with E-state index in [0.717, 1.165) is 21.9 Å². The number of fused-ring (bicyclic) bond motifs is 3. The van der Waals surface area contributed by atoms with Gasteiger partial charge in [-0.25, -0.2) is 4.79 Å². The number of para-hydroxylation sites is 1. The van der Waals surface area contributed by atoms with E-state index in [4.69, 9.17) is 9.15 Å². The van der Waals surface area contributed by atoms with Gasteiger partial charge in [0, 0.05) is 16.7 Å². The Morgan fingerprint density at radius 1 is 1.23 bits per heavy atom. The summed E-state index contributed by atoms with van der Waals surface area (Å²) < 4.78 is 10.8. The van der Waals surface area contributed by atoms with E-state index in [1.807, 2.05) is 36.4 Å². The van der Waals surface area contributed by atoms with E-state index in [0.29, 0.717) is 5.69 Å². The molecule has 0 amide bonds. The number of carbonyl (C=O) groups excluding carboxylic acids is 1. The zero-order valence-corrected chi connectivity index (χ0v) is 14.9. The molecule has 0 aliphatic rings. The van der Waals surface area contributed by atoms with Gasteiger partial charge in [-0.2, -0.15) is 15.5 Å². The predicted octanol–water partition coefficient (Wildman–Crippen LogP) is 5.15. The molecular formula is C20H19N3O3. The van der Waals surface area contributed by atoms with Crippen LogP contribution in [0, 0.1) is 17.2 Å². The molecule has 0 saturated carbocycles. The lowest BCUT2D eigenvalue weighted by Gasteiger charge is -2.22. The normalized spacial score (nSPS) is 14.0. The third-order valence-electron chi connectivity index (χ3n) is 4.28. The Morgan fingerprint density at radius 2 is 1.96 bits per heavy atom. The first-order valence-electron chi connectivity index (χ1n) is 8.44. The minimum Gasteiger partial charge on any atom is -0.463 e. The first kappa shape index (κ1) is 17.6. The molecule has 0 radical (unpaired) electrons. The van der Waals surface area contributed by atoms with Gasteiger partial charge in [0.05, 0.1) is 12.3 Å². The van der Waals surface area contributed by atoms with Crippen molar-refractivity contribution in [3.63, 3.8) is 0 Å². The van der Waals surface area contributed by atoms with E-state index in [1.54, 1.807) is 32.9 Å². The van der Waals surface area contributed by atoms with E-state index < -0.39 is 11.5 Å². The van der Waals surface area contributed by atoms with Crippen LogP contribution < -0.4 is 0 Å². The number of esters is 1. The smallest absolute Gasteiger partial charge is 0.351 e. The Labute approximate surface area is 151 Å². The van der Waals surface area contributed by atoms with Crippen LogP contribution >= 0.6 is 0 Å². The zero-order valence-electron chi connectivity index (χ0n) is 14.9. The fourth-order valence-electron chi connectivity index (χ4n) is 2.74. The SMILES string of the molecule is CCOC(=O)C(C#N)(N=Nc1ccc2oc3ccccc3c2c1)C(C)C. The topological polar surface area (TPSA) is 88.0 Å². The molecule has 0 saturated heterocycles. The summed E-state index contributed by atoms with van der Waals surface area (Å²) in [5.41, 5.74) is 0.403. The largest absolute Gasteiger partial charge is 0.463 e. The van der Waals surface area contributed by atoms with Gasteiger partial charge in [0.25, 0.3) is 5.54 Å². The number of furan rings is 1. The Hall–Kier alpha value is -3.20. The lowest BCUT2D eigenvalue weighted by molar-refractivity contribution is -0.148. The van der Waals surface area contributed by atoms with Gasteiger partial charge in [0.1, 0.15) is 17.2 Å². The highest BCUT2D eigenvalue weighted by atomic mass is 16.5. The fourth-order valence-corrected chi connectivity index (χ4v) is 2.74. The van der Waals surface area contributed by atoms with E-state index in [1.165, 1.54) is 0 Å². The van der Waals surface area contributed by atoms with Crippen molar-refractivity contribution in [3.8, 4) is 6.07 Å². The quantitative estimate of drug-likeness (QED) is 0.470. The molecule has 0 N–H and O–H groups in total. The molecule has 0 fully saturated rings. The van der Waals surface area contributed by atoms with Gasteiger partial charge >= 0.3 is 5.97 Å². The molecule has 1 aromatic heterocycles. The zero-order chi connectivity index (χ0) is 18.7. The number of hydrogen-bond acceptors (Lipinski definition) is 6. The molecule has 1 atom stereocenters. The Balaban J connectivity index is 2.04. The van der Waals surface area contributed by atoms with Crippen LogP contribution in [-0.2, 0) is 9.53 Å². The Morgan fingerprint density at radius 3 is 2.65 bits per heavy atom.